The highest BCUT2D eigenvalue weighted by Crippen LogP contribution is 2.34. The van der Waals surface area contributed by atoms with Crippen LogP contribution in [0.2, 0.25) is 5.02 Å². The third-order valence-electron chi connectivity index (χ3n) is 3.46. The first-order valence-corrected chi connectivity index (χ1v) is 7.63. The van der Waals surface area contributed by atoms with Crippen molar-refractivity contribution in [1.82, 2.24) is 0 Å². The quantitative estimate of drug-likeness (QED) is 0.835. The average Bonchev–Trinajstić information content (AvgIpc) is 2.29. The van der Waals surface area contributed by atoms with Gasteiger partial charge in [-0.15, -0.1) is 0 Å². The molecule has 94 valence electrons. The van der Waals surface area contributed by atoms with Gasteiger partial charge in [-0.1, -0.05) is 24.6 Å². The van der Waals surface area contributed by atoms with Crippen molar-refractivity contribution in [3.05, 3.63) is 23.2 Å². The smallest absolute Gasteiger partial charge is 0.0806 e. The maximum absolute atomic E-state index is 12.5. The van der Waals surface area contributed by atoms with E-state index >= 15 is 0 Å². The van der Waals surface area contributed by atoms with E-state index in [1.165, 1.54) is 0 Å². The fourth-order valence-corrected chi connectivity index (χ4v) is 4.35. The fourth-order valence-electron chi connectivity index (χ4n) is 2.35. The Bertz CT molecular complexity index is 407. The lowest BCUT2D eigenvalue weighted by Gasteiger charge is -2.26. The summed E-state index contributed by atoms with van der Waals surface area (Å²) in [5, 5.41) is 0.746. The summed E-state index contributed by atoms with van der Waals surface area (Å²) in [6.07, 6.45) is 4.33. The highest BCUT2D eigenvalue weighted by Gasteiger charge is 2.26. The van der Waals surface area contributed by atoms with Gasteiger partial charge in [-0.2, -0.15) is 0 Å². The zero-order chi connectivity index (χ0) is 12.4. The first-order chi connectivity index (χ1) is 8.09. The van der Waals surface area contributed by atoms with Gasteiger partial charge in [-0.25, -0.2) is 0 Å². The molecule has 0 aromatic heterocycles. The molecule has 1 aromatic rings. The fraction of sp³-hybridized carbons (Fsp3) is 0.538. The van der Waals surface area contributed by atoms with Gasteiger partial charge in [0.1, 0.15) is 0 Å². The molecule has 0 heterocycles. The van der Waals surface area contributed by atoms with E-state index in [-0.39, 0.29) is 5.25 Å². The normalized spacial score (nSPS) is 26.7. The second kappa shape index (κ2) is 5.40. The van der Waals surface area contributed by atoms with Crippen molar-refractivity contribution < 1.29 is 4.21 Å². The summed E-state index contributed by atoms with van der Waals surface area (Å²) in [5.41, 5.74) is 6.43. The summed E-state index contributed by atoms with van der Waals surface area (Å²) in [5.74, 6) is 0.756. The van der Waals surface area contributed by atoms with Gasteiger partial charge in [-0.3, -0.25) is 4.21 Å². The standard InChI is InChI=1S/C13H18ClNOS/c1-9-5-7-10(8-6-9)17(16)13-11(14)3-2-4-12(13)15/h2-4,9-10H,5-8,15H2,1H3. The Morgan fingerprint density at radius 1 is 1.29 bits per heavy atom. The summed E-state index contributed by atoms with van der Waals surface area (Å²) in [6, 6.07) is 5.32. The molecule has 4 heteroatoms. The van der Waals surface area contributed by atoms with Crippen molar-refractivity contribution in [3.8, 4) is 0 Å². The molecule has 1 aromatic carbocycles. The summed E-state index contributed by atoms with van der Waals surface area (Å²) in [6.45, 7) is 2.25. The van der Waals surface area contributed by atoms with Crippen LogP contribution in [0.25, 0.3) is 0 Å². The predicted molar refractivity (Wildman–Crippen MR) is 73.7 cm³/mol. The van der Waals surface area contributed by atoms with E-state index in [0.29, 0.717) is 15.6 Å². The van der Waals surface area contributed by atoms with E-state index < -0.39 is 10.8 Å². The number of hydrogen-bond donors (Lipinski definition) is 1. The second-order valence-electron chi connectivity index (χ2n) is 4.84. The number of anilines is 1. The Kier molecular flexibility index (Phi) is 4.10. The van der Waals surface area contributed by atoms with Gasteiger partial charge in [0.2, 0.25) is 0 Å². The van der Waals surface area contributed by atoms with Gasteiger partial charge in [0.05, 0.1) is 20.7 Å². The molecule has 1 unspecified atom stereocenters. The van der Waals surface area contributed by atoms with E-state index in [4.69, 9.17) is 17.3 Å². The van der Waals surface area contributed by atoms with Crippen LogP contribution in [0.15, 0.2) is 23.1 Å². The molecule has 0 aliphatic heterocycles. The molecule has 1 atom stereocenters. The molecular weight excluding hydrogens is 254 g/mol. The minimum atomic E-state index is -1.06. The molecule has 1 aliphatic rings. The molecule has 0 spiro atoms. The van der Waals surface area contributed by atoms with Crippen molar-refractivity contribution in [3.63, 3.8) is 0 Å². The molecule has 1 fully saturated rings. The van der Waals surface area contributed by atoms with E-state index in [0.717, 1.165) is 31.6 Å². The monoisotopic (exact) mass is 271 g/mol. The molecule has 0 amide bonds. The van der Waals surface area contributed by atoms with Crippen molar-refractivity contribution in [1.29, 1.82) is 0 Å². The largest absolute Gasteiger partial charge is 0.398 e. The van der Waals surface area contributed by atoms with Crippen molar-refractivity contribution in [2.75, 3.05) is 5.73 Å². The van der Waals surface area contributed by atoms with E-state index in [9.17, 15) is 4.21 Å². The van der Waals surface area contributed by atoms with Crippen LogP contribution in [0, 0.1) is 5.92 Å². The van der Waals surface area contributed by atoms with Crippen LogP contribution in [0.3, 0.4) is 0 Å². The molecule has 0 radical (unpaired) electrons. The zero-order valence-electron chi connectivity index (χ0n) is 9.99. The molecule has 1 saturated carbocycles. The summed E-state index contributed by atoms with van der Waals surface area (Å²) < 4.78 is 12.5. The van der Waals surface area contributed by atoms with Gasteiger partial charge < -0.3 is 5.73 Å². The number of nitrogens with two attached hydrogens (primary N) is 1. The third kappa shape index (κ3) is 2.83. The van der Waals surface area contributed by atoms with Crippen LogP contribution >= 0.6 is 11.6 Å². The highest BCUT2D eigenvalue weighted by molar-refractivity contribution is 7.86. The second-order valence-corrected chi connectivity index (χ2v) is 6.91. The number of nitrogen functional groups attached to an aromatic ring is 1. The summed E-state index contributed by atoms with van der Waals surface area (Å²) >= 11 is 6.10. The third-order valence-corrected chi connectivity index (χ3v) is 5.83. The maximum atomic E-state index is 12.5. The number of rotatable bonds is 2. The molecule has 2 N–H and O–H groups in total. The highest BCUT2D eigenvalue weighted by atomic mass is 35.5. The van der Waals surface area contributed by atoms with E-state index in [2.05, 4.69) is 6.92 Å². The SMILES string of the molecule is CC1CCC(S(=O)c2c(N)cccc2Cl)CC1. The Hall–Kier alpha value is -0.540. The Morgan fingerprint density at radius 3 is 2.53 bits per heavy atom. The van der Waals surface area contributed by atoms with Crippen LogP contribution in [0.4, 0.5) is 5.69 Å². The first-order valence-electron chi connectivity index (χ1n) is 6.04. The van der Waals surface area contributed by atoms with Crippen LogP contribution in [-0.4, -0.2) is 9.46 Å². The van der Waals surface area contributed by atoms with Gasteiger partial charge in [0.15, 0.2) is 0 Å². The molecule has 0 saturated heterocycles. The molecule has 2 nitrogen and oxygen atoms in total. The van der Waals surface area contributed by atoms with Crippen molar-refractivity contribution in [2.45, 2.75) is 42.8 Å². The first kappa shape index (κ1) is 12.9. The van der Waals surface area contributed by atoms with Crippen LogP contribution < -0.4 is 5.73 Å². The van der Waals surface area contributed by atoms with E-state index in [1.54, 1.807) is 18.2 Å². The maximum Gasteiger partial charge on any atom is 0.0806 e. The average molecular weight is 272 g/mol. The van der Waals surface area contributed by atoms with Gasteiger partial charge >= 0.3 is 0 Å². The lowest BCUT2D eigenvalue weighted by molar-refractivity contribution is 0.389. The van der Waals surface area contributed by atoms with E-state index in [1.807, 2.05) is 0 Å². The topological polar surface area (TPSA) is 43.1 Å². The lowest BCUT2D eigenvalue weighted by Crippen LogP contribution is -2.22. The summed E-state index contributed by atoms with van der Waals surface area (Å²) in [7, 11) is -1.06. The zero-order valence-corrected chi connectivity index (χ0v) is 11.6. The number of halogens is 1. The van der Waals surface area contributed by atoms with Gasteiger partial charge in [0, 0.05) is 10.9 Å². The van der Waals surface area contributed by atoms with Crippen molar-refractivity contribution >= 4 is 28.1 Å². The number of hydrogen-bond acceptors (Lipinski definition) is 2. The van der Waals surface area contributed by atoms with Crippen LogP contribution in [0.5, 0.6) is 0 Å². The lowest BCUT2D eigenvalue weighted by atomic mass is 9.91. The Labute approximate surface area is 110 Å². The van der Waals surface area contributed by atoms with Crippen LogP contribution in [-0.2, 0) is 10.8 Å². The van der Waals surface area contributed by atoms with Gasteiger partial charge in [0.25, 0.3) is 0 Å². The molecule has 1 aliphatic carbocycles. The number of benzene rings is 1. The molecule has 2 rings (SSSR count). The predicted octanol–water partition coefficient (Wildman–Crippen LogP) is 3.61. The minimum absolute atomic E-state index is 0.216. The summed E-state index contributed by atoms with van der Waals surface area (Å²) in [4.78, 5) is 0.633. The van der Waals surface area contributed by atoms with Gasteiger partial charge in [-0.05, 0) is 43.7 Å². The molecule has 17 heavy (non-hydrogen) atoms. The molecule has 0 bridgehead atoms. The van der Waals surface area contributed by atoms with Crippen molar-refractivity contribution in [2.24, 2.45) is 5.92 Å². The van der Waals surface area contributed by atoms with Crippen LogP contribution in [0.1, 0.15) is 32.6 Å². The Morgan fingerprint density at radius 2 is 1.94 bits per heavy atom. The molecular formula is C13H18ClNOS. The minimum Gasteiger partial charge on any atom is -0.398 e. The Balaban J connectivity index is 2.20.